The number of amides is 2. The quantitative estimate of drug-likeness (QED) is 0.438. The molecule has 36 heavy (non-hydrogen) atoms. The molecule has 196 valence electrons. The number of hydrogen-bond acceptors (Lipinski definition) is 8. The molecule has 0 spiro atoms. The summed E-state index contributed by atoms with van der Waals surface area (Å²) >= 11 is 0. The van der Waals surface area contributed by atoms with E-state index in [1.807, 2.05) is 0 Å². The number of nitrogens with zero attached hydrogens (tertiary/aromatic N) is 3. The molecule has 0 fully saturated rings. The SMILES string of the molecule is CCN(CC)S(=O)(=O)c1cc(C)c(-n2c(N)c3c(cc2=O)C(=O)NC3=O)c(S(=O)(=O)N(CC)CC)c1. The van der Waals surface area contributed by atoms with Crippen molar-refractivity contribution in [2.45, 2.75) is 44.4 Å². The maximum atomic E-state index is 13.7. The van der Waals surface area contributed by atoms with Gasteiger partial charge in [-0.1, -0.05) is 27.7 Å². The first kappa shape index (κ1) is 27.5. The van der Waals surface area contributed by atoms with Crippen LogP contribution in [0, 0.1) is 6.92 Å². The van der Waals surface area contributed by atoms with Gasteiger partial charge in [-0.05, 0) is 24.6 Å². The fourth-order valence-corrected chi connectivity index (χ4v) is 7.65. The second-order valence-electron chi connectivity index (χ2n) is 8.04. The highest BCUT2D eigenvalue weighted by atomic mass is 32.2. The molecule has 0 saturated heterocycles. The van der Waals surface area contributed by atoms with Gasteiger partial charge in [0.2, 0.25) is 20.0 Å². The molecule has 2 heterocycles. The summed E-state index contributed by atoms with van der Waals surface area (Å²) < 4.78 is 57.2. The Morgan fingerprint density at radius 3 is 1.89 bits per heavy atom. The zero-order valence-corrected chi connectivity index (χ0v) is 22.3. The minimum atomic E-state index is -4.33. The molecule has 1 aliphatic heterocycles. The lowest BCUT2D eigenvalue weighted by molar-refractivity contribution is 0.0879. The van der Waals surface area contributed by atoms with Crippen LogP contribution in [0.5, 0.6) is 0 Å². The number of hydrogen-bond donors (Lipinski definition) is 2. The zero-order valence-electron chi connectivity index (χ0n) is 20.7. The molecular weight excluding hydrogens is 510 g/mol. The predicted octanol–water partition coefficient (Wildman–Crippen LogP) is 0.673. The van der Waals surface area contributed by atoms with Gasteiger partial charge in [0.1, 0.15) is 10.7 Å². The van der Waals surface area contributed by atoms with Crippen molar-refractivity contribution in [3.05, 3.63) is 45.2 Å². The molecule has 0 saturated carbocycles. The number of imide groups is 1. The van der Waals surface area contributed by atoms with E-state index >= 15 is 0 Å². The van der Waals surface area contributed by atoms with E-state index < -0.39 is 48.1 Å². The molecule has 0 unspecified atom stereocenters. The van der Waals surface area contributed by atoms with Gasteiger partial charge in [0.15, 0.2) is 0 Å². The summed E-state index contributed by atoms with van der Waals surface area (Å²) in [5.41, 5.74) is 4.77. The van der Waals surface area contributed by atoms with Crippen molar-refractivity contribution in [2.75, 3.05) is 31.9 Å². The number of benzene rings is 1. The summed E-state index contributed by atoms with van der Waals surface area (Å²) in [5.74, 6) is -2.05. The molecule has 2 amide bonds. The van der Waals surface area contributed by atoms with Crippen LogP contribution in [0.3, 0.4) is 0 Å². The topological polar surface area (TPSA) is 169 Å². The number of sulfonamides is 2. The fraction of sp³-hybridized carbons (Fsp3) is 0.409. The van der Waals surface area contributed by atoms with Crippen LogP contribution in [0.4, 0.5) is 5.82 Å². The van der Waals surface area contributed by atoms with Crippen molar-refractivity contribution in [3.8, 4) is 5.69 Å². The minimum Gasteiger partial charge on any atom is -0.384 e. The number of rotatable bonds is 9. The highest BCUT2D eigenvalue weighted by molar-refractivity contribution is 7.90. The van der Waals surface area contributed by atoms with Crippen LogP contribution in [0.15, 0.2) is 32.8 Å². The molecule has 0 radical (unpaired) electrons. The molecular formula is C22H29N5O7S2. The summed E-state index contributed by atoms with van der Waals surface area (Å²) in [4.78, 5) is 36.8. The summed E-state index contributed by atoms with van der Waals surface area (Å²) in [5, 5.41) is 2.06. The second kappa shape index (κ2) is 9.76. The maximum absolute atomic E-state index is 13.7. The Morgan fingerprint density at radius 2 is 1.36 bits per heavy atom. The minimum absolute atomic E-state index is 0.0792. The van der Waals surface area contributed by atoms with E-state index in [4.69, 9.17) is 5.73 Å². The molecule has 0 atom stereocenters. The molecule has 3 rings (SSSR count). The monoisotopic (exact) mass is 539 g/mol. The Balaban J connectivity index is 2.50. The number of nitrogens with two attached hydrogens (primary N) is 1. The molecule has 14 heteroatoms. The van der Waals surface area contributed by atoms with Gasteiger partial charge in [0.05, 0.1) is 21.7 Å². The van der Waals surface area contributed by atoms with Crippen LogP contribution in [0.2, 0.25) is 0 Å². The molecule has 0 bridgehead atoms. The van der Waals surface area contributed by atoms with Gasteiger partial charge in [-0.3, -0.25) is 24.3 Å². The van der Waals surface area contributed by atoms with Gasteiger partial charge in [0, 0.05) is 32.2 Å². The first-order valence-electron chi connectivity index (χ1n) is 11.3. The van der Waals surface area contributed by atoms with E-state index in [2.05, 4.69) is 5.32 Å². The third-order valence-electron chi connectivity index (χ3n) is 6.08. The van der Waals surface area contributed by atoms with Crippen molar-refractivity contribution in [3.63, 3.8) is 0 Å². The van der Waals surface area contributed by atoms with Crippen LogP contribution in [0.25, 0.3) is 5.69 Å². The molecule has 3 N–H and O–H groups in total. The third-order valence-corrected chi connectivity index (χ3v) is 10.2. The van der Waals surface area contributed by atoms with E-state index in [-0.39, 0.29) is 53.5 Å². The predicted molar refractivity (Wildman–Crippen MR) is 133 cm³/mol. The van der Waals surface area contributed by atoms with Crippen LogP contribution in [-0.2, 0) is 20.0 Å². The van der Waals surface area contributed by atoms with Crippen LogP contribution >= 0.6 is 0 Å². The maximum Gasteiger partial charge on any atom is 0.262 e. The second-order valence-corrected chi connectivity index (χ2v) is 11.9. The Morgan fingerprint density at radius 1 is 0.833 bits per heavy atom. The number of nitrogens with one attached hydrogen (secondary N) is 1. The number of carbonyl (C=O) groups is 2. The summed E-state index contributed by atoms with van der Waals surface area (Å²) in [6.07, 6.45) is 0. The van der Waals surface area contributed by atoms with Gasteiger partial charge in [0.25, 0.3) is 17.4 Å². The lowest BCUT2D eigenvalue weighted by Crippen LogP contribution is -2.34. The largest absolute Gasteiger partial charge is 0.384 e. The van der Waals surface area contributed by atoms with Gasteiger partial charge >= 0.3 is 0 Å². The average molecular weight is 540 g/mol. The van der Waals surface area contributed by atoms with Gasteiger partial charge < -0.3 is 5.73 Å². The summed E-state index contributed by atoms with van der Waals surface area (Å²) in [6, 6.07) is 3.17. The normalized spacial score (nSPS) is 14.0. The molecule has 0 aliphatic carbocycles. The van der Waals surface area contributed by atoms with Gasteiger partial charge in [-0.2, -0.15) is 8.61 Å². The Bertz CT molecular complexity index is 1520. The number of aromatic nitrogens is 1. The smallest absolute Gasteiger partial charge is 0.262 e. The van der Waals surface area contributed by atoms with Crippen LogP contribution < -0.4 is 16.6 Å². The third kappa shape index (κ3) is 4.23. The Kier molecular flexibility index (Phi) is 7.46. The van der Waals surface area contributed by atoms with Crippen molar-refractivity contribution in [2.24, 2.45) is 0 Å². The van der Waals surface area contributed by atoms with E-state index in [1.165, 1.54) is 17.3 Å². The van der Waals surface area contributed by atoms with E-state index in [0.717, 1.165) is 21.0 Å². The first-order chi connectivity index (χ1) is 16.8. The zero-order chi connectivity index (χ0) is 27.2. The highest BCUT2D eigenvalue weighted by Gasteiger charge is 2.35. The first-order valence-corrected chi connectivity index (χ1v) is 14.2. The molecule has 12 nitrogen and oxygen atoms in total. The molecule has 1 aliphatic rings. The highest BCUT2D eigenvalue weighted by Crippen LogP contribution is 2.33. The number of carbonyl (C=O) groups excluding carboxylic acids is 2. The molecule has 1 aromatic carbocycles. The standard InChI is InChI=1S/C22H29N5O7S2/c1-6-25(7-2)35(31,32)14-10-13(5)19(16(11-14)36(33,34)26(8-3)9-4)27-17(28)12-15-18(20(27)23)22(30)24-21(15)29/h10-12H,6-9,23H2,1-5H3,(H,24,29,30). The van der Waals surface area contributed by atoms with E-state index in [1.54, 1.807) is 27.7 Å². The molecule has 2 aromatic rings. The number of aryl methyl sites for hydroxylation is 1. The fourth-order valence-electron chi connectivity index (χ4n) is 4.27. The average Bonchev–Trinajstić information content (AvgIpc) is 3.08. The number of nitrogen functional groups attached to an aromatic ring is 1. The summed E-state index contributed by atoms with van der Waals surface area (Å²) in [7, 11) is -8.40. The lowest BCUT2D eigenvalue weighted by Gasteiger charge is -2.25. The van der Waals surface area contributed by atoms with E-state index in [9.17, 15) is 31.2 Å². The lowest BCUT2D eigenvalue weighted by atomic mass is 10.1. The van der Waals surface area contributed by atoms with Crippen molar-refractivity contribution >= 4 is 37.7 Å². The number of fused-ring (bicyclic) bond motifs is 1. The van der Waals surface area contributed by atoms with Crippen molar-refractivity contribution in [1.29, 1.82) is 0 Å². The molecule has 1 aromatic heterocycles. The number of pyridine rings is 1. The van der Waals surface area contributed by atoms with Gasteiger partial charge in [-0.15, -0.1) is 0 Å². The number of anilines is 1. The van der Waals surface area contributed by atoms with Crippen LogP contribution in [-0.4, -0.2) is 68.0 Å². The van der Waals surface area contributed by atoms with Crippen LogP contribution in [0.1, 0.15) is 54.0 Å². The Labute approximate surface area is 209 Å². The van der Waals surface area contributed by atoms with Crippen molar-refractivity contribution in [1.82, 2.24) is 18.5 Å². The summed E-state index contributed by atoms with van der Waals surface area (Å²) in [6.45, 7) is 8.50. The Hall–Kier alpha value is -3.07. The van der Waals surface area contributed by atoms with E-state index in [0.29, 0.717) is 0 Å². The van der Waals surface area contributed by atoms with Crippen molar-refractivity contribution < 1.29 is 26.4 Å². The van der Waals surface area contributed by atoms with Gasteiger partial charge in [-0.25, -0.2) is 16.8 Å².